The van der Waals surface area contributed by atoms with Crippen LogP contribution in [0.5, 0.6) is 0 Å². The van der Waals surface area contributed by atoms with Crippen LogP contribution >= 0.6 is 11.8 Å². The Kier molecular flexibility index (Phi) is 4.70. The van der Waals surface area contributed by atoms with Gasteiger partial charge in [-0.2, -0.15) is 0 Å². The third-order valence-electron chi connectivity index (χ3n) is 6.66. The summed E-state index contributed by atoms with van der Waals surface area (Å²) < 4.78 is 13.2. The summed E-state index contributed by atoms with van der Waals surface area (Å²) in [6.07, 6.45) is 2.89. The van der Waals surface area contributed by atoms with Crippen LogP contribution < -0.4 is 4.90 Å². The average molecular weight is 439 g/mol. The van der Waals surface area contributed by atoms with Crippen LogP contribution in [-0.2, 0) is 21.0 Å². The predicted octanol–water partition coefficient (Wildman–Crippen LogP) is 4.99. The Morgan fingerprint density at radius 3 is 2.52 bits per heavy atom. The first-order valence-corrected chi connectivity index (χ1v) is 11.7. The molecule has 2 fully saturated rings. The van der Waals surface area contributed by atoms with Crippen molar-refractivity contribution in [1.29, 1.82) is 0 Å². The van der Waals surface area contributed by atoms with Gasteiger partial charge in [0.05, 0.1) is 12.2 Å². The van der Waals surface area contributed by atoms with Crippen molar-refractivity contribution in [3.63, 3.8) is 0 Å². The number of fused-ring (bicyclic) bond motifs is 2. The van der Waals surface area contributed by atoms with Crippen LogP contribution in [0, 0.1) is 18.7 Å². The van der Waals surface area contributed by atoms with Gasteiger partial charge < -0.3 is 9.80 Å². The first kappa shape index (κ1) is 20.6. The topological polar surface area (TPSA) is 40.6 Å². The van der Waals surface area contributed by atoms with Crippen molar-refractivity contribution >= 4 is 29.3 Å². The number of hydrogen-bond acceptors (Lipinski definition) is 3. The fourth-order valence-corrected chi connectivity index (χ4v) is 6.67. The van der Waals surface area contributed by atoms with Crippen LogP contribution in [0.4, 0.5) is 10.1 Å². The summed E-state index contributed by atoms with van der Waals surface area (Å²) in [5.74, 6) is -0.234. The molecule has 1 saturated carbocycles. The zero-order valence-electron chi connectivity index (χ0n) is 18.2. The molecule has 6 heteroatoms. The largest absolute Gasteiger partial charge is 0.314 e. The van der Waals surface area contributed by atoms with Gasteiger partial charge in [-0.25, -0.2) is 4.39 Å². The van der Waals surface area contributed by atoms with Gasteiger partial charge in [0, 0.05) is 22.8 Å². The van der Waals surface area contributed by atoms with Crippen LogP contribution in [0.3, 0.4) is 0 Å². The monoisotopic (exact) mass is 438 g/mol. The van der Waals surface area contributed by atoms with Gasteiger partial charge in [-0.1, -0.05) is 36.2 Å². The predicted molar refractivity (Wildman–Crippen MR) is 121 cm³/mol. The van der Waals surface area contributed by atoms with Crippen LogP contribution in [0.25, 0.3) is 0 Å². The molecule has 2 aromatic rings. The highest BCUT2D eigenvalue weighted by molar-refractivity contribution is 8.02. The Morgan fingerprint density at radius 1 is 1.16 bits per heavy atom. The minimum Gasteiger partial charge on any atom is -0.314 e. The number of halogens is 1. The normalized spacial score (nSPS) is 24.6. The Balaban J connectivity index is 1.62. The summed E-state index contributed by atoms with van der Waals surface area (Å²) in [7, 11) is 0. The molecule has 162 valence electrons. The van der Waals surface area contributed by atoms with Crippen molar-refractivity contribution in [1.82, 2.24) is 4.90 Å². The Morgan fingerprint density at radius 2 is 1.87 bits per heavy atom. The second-order valence-electron chi connectivity index (χ2n) is 9.60. The third kappa shape index (κ3) is 3.18. The van der Waals surface area contributed by atoms with E-state index in [1.165, 1.54) is 12.1 Å². The molecule has 3 aliphatic rings. The molecule has 1 saturated heterocycles. The molecular weight excluding hydrogens is 411 g/mol. The first-order chi connectivity index (χ1) is 14.7. The van der Waals surface area contributed by atoms with E-state index in [0.717, 1.165) is 41.6 Å². The lowest BCUT2D eigenvalue weighted by atomic mass is 9.83. The fraction of sp³-hybridized carbons (Fsp3) is 0.440. The lowest BCUT2D eigenvalue weighted by Gasteiger charge is -2.37. The lowest BCUT2D eigenvalue weighted by molar-refractivity contribution is -0.146. The van der Waals surface area contributed by atoms with Crippen molar-refractivity contribution in [3.8, 4) is 0 Å². The van der Waals surface area contributed by atoms with Crippen LogP contribution in [0.15, 0.2) is 42.5 Å². The van der Waals surface area contributed by atoms with E-state index in [1.54, 1.807) is 28.8 Å². The SMILES string of the molecule is Cc1ccc2c(c1)[C@]1(SC(C)(C)CN1C(=O)C1CCC1)C(=O)N2Cc1ccc(F)cc1. The molecule has 0 unspecified atom stereocenters. The van der Waals surface area contributed by atoms with E-state index in [1.807, 2.05) is 24.0 Å². The van der Waals surface area contributed by atoms with Crippen LogP contribution in [0.1, 0.15) is 49.8 Å². The maximum Gasteiger partial charge on any atom is 0.268 e. The number of anilines is 1. The second-order valence-corrected chi connectivity index (χ2v) is 11.5. The lowest BCUT2D eigenvalue weighted by Crippen LogP contribution is -2.52. The molecule has 0 bridgehead atoms. The Labute approximate surface area is 186 Å². The van der Waals surface area contributed by atoms with Crippen molar-refractivity contribution in [2.75, 3.05) is 11.4 Å². The molecule has 0 N–H and O–H groups in total. The van der Waals surface area contributed by atoms with E-state index >= 15 is 0 Å². The number of rotatable bonds is 3. The molecule has 2 heterocycles. The van der Waals surface area contributed by atoms with E-state index in [2.05, 4.69) is 19.9 Å². The molecule has 2 amide bonds. The number of carbonyl (C=O) groups excluding carboxylic acids is 2. The quantitative estimate of drug-likeness (QED) is 0.678. The van der Waals surface area contributed by atoms with Crippen LogP contribution in [-0.4, -0.2) is 28.0 Å². The van der Waals surface area contributed by atoms with E-state index < -0.39 is 4.87 Å². The molecule has 1 atom stereocenters. The summed E-state index contributed by atoms with van der Waals surface area (Å²) in [5, 5.41) is 0. The molecule has 2 aromatic carbocycles. The summed E-state index contributed by atoms with van der Waals surface area (Å²) in [4.78, 5) is 30.3. The van der Waals surface area contributed by atoms with Crippen LogP contribution in [0.2, 0.25) is 0 Å². The second kappa shape index (κ2) is 7.09. The molecule has 31 heavy (non-hydrogen) atoms. The standard InChI is InChI=1S/C25H27FN2O2S/c1-16-7-12-21-20(13-16)25(23(30)27(21)14-17-8-10-19(26)11-9-17)28(15-24(2,3)31-25)22(29)18-5-4-6-18/h7-13,18H,4-6,14-15H2,1-3H3/t25-/m0/s1. The smallest absolute Gasteiger partial charge is 0.268 e. The number of thioether (sulfide) groups is 1. The molecule has 1 spiro atoms. The molecule has 0 aromatic heterocycles. The summed E-state index contributed by atoms with van der Waals surface area (Å²) in [6, 6.07) is 12.3. The summed E-state index contributed by atoms with van der Waals surface area (Å²) in [5.41, 5.74) is 3.67. The fourth-order valence-electron chi connectivity index (χ4n) is 4.94. The van der Waals surface area contributed by atoms with E-state index in [9.17, 15) is 14.0 Å². The molecule has 0 radical (unpaired) electrons. The van der Waals surface area contributed by atoms with Gasteiger partial charge in [0.15, 0.2) is 4.87 Å². The third-order valence-corrected chi connectivity index (χ3v) is 8.25. The minimum atomic E-state index is -1.03. The molecular formula is C25H27FN2O2S. The number of benzene rings is 2. The van der Waals surface area contributed by atoms with E-state index in [4.69, 9.17) is 0 Å². The first-order valence-electron chi connectivity index (χ1n) is 10.9. The number of hydrogen-bond donors (Lipinski definition) is 0. The van der Waals surface area contributed by atoms with Crippen molar-refractivity contribution < 1.29 is 14.0 Å². The maximum atomic E-state index is 14.1. The maximum absolute atomic E-state index is 14.1. The van der Waals surface area contributed by atoms with Crippen molar-refractivity contribution in [2.45, 2.75) is 56.2 Å². The number of nitrogens with zero attached hydrogens (tertiary/aromatic N) is 2. The molecule has 2 aliphatic heterocycles. The van der Waals surface area contributed by atoms with Crippen molar-refractivity contribution in [2.24, 2.45) is 5.92 Å². The van der Waals surface area contributed by atoms with Gasteiger partial charge in [0.25, 0.3) is 5.91 Å². The van der Waals surface area contributed by atoms with Crippen molar-refractivity contribution in [3.05, 3.63) is 65.0 Å². The van der Waals surface area contributed by atoms with E-state index in [-0.39, 0.29) is 28.3 Å². The zero-order valence-corrected chi connectivity index (χ0v) is 19.0. The molecule has 4 nitrogen and oxygen atoms in total. The molecule has 1 aliphatic carbocycles. The zero-order chi connectivity index (χ0) is 22.0. The summed E-state index contributed by atoms with van der Waals surface area (Å²) >= 11 is 1.60. The Bertz CT molecular complexity index is 1060. The van der Waals surface area contributed by atoms with Gasteiger partial charge in [-0.05, 0) is 57.4 Å². The van der Waals surface area contributed by atoms with Gasteiger partial charge in [-0.3, -0.25) is 9.59 Å². The van der Waals surface area contributed by atoms with Gasteiger partial charge >= 0.3 is 0 Å². The average Bonchev–Trinajstić information content (AvgIpc) is 3.09. The molecule has 5 rings (SSSR count). The number of carbonyl (C=O) groups is 2. The van der Waals surface area contributed by atoms with Gasteiger partial charge in [-0.15, -0.1) is 11.8 Å². The highest BCUT2D eigenvalue weighted by atomic mass is 32.2. The highest BCUT2D eigenvalue weighted by Crippen LogP contribution is 2.60. The summed E-state index contributed by atoms with van der Waals surface area (Å²) in [6.45, 7) is 7.14. The van der Waals surface area contributed by atoms with E-state index in [0.29, 0.717) is 13.1 Å². The van der Waals surface area contributed by atoms with Gasteiger partial charge in [0.1, 0.15) is 5.82 Å². The highest BCUT2D eigenvalue weighted by Gasteiger charge is 2.64. The van der Waals surface area contributed by atoms with Gasteiger partial charge in [0.2, 0.25) is 5.91 Å². The number of amides is 2. The minimum absolute atomic E-state index is 0.0265. The Hall–Kier alpha value is -2.34. The number of aryl methyl sites for hydroxylation is 1.